The third-order valence-corrected chi connectivity index (χ3v) is 4.07. The van der Waals surface area contributed by atoms with Gasteiger partial charge >= 0.3 is 0 Å². The fraction of sp³-hybridized carbons (Fsp3) is 0.0476. The largest absolute Gasteiger partial charge is 0.464 e. The molecule has 0 amide bonds. The van der Waals surface area contributed by atoms with Crippen LogP contribution < -0.4 is 0 Å². The molecule has 22 heavy (non-hydrogen) atoms. The predicted octanol–water partition coefficient (Wildman–Crippen LogP) is 5.69. The van der Waals surface area contributed by atoms with Gasteiger partial charge in [0, 0.05) is 5.39 Å². The molecule has 1 aliphatic carbocycles. The average Bonchev–Trinajstić information content (AvgIpc) is 3.19. The number of hydrogen-bond acceptors (Lipinski definition) is 1. The van der Waals surface area contributed by atoms with Crippen LogP contribution in [-0.2, 0) is 6.42 Å². The van der Waals surface area contributed by atoms with Crippen molar-refractivity contribution in [3.63, 3.8) is 0 Å². The molecule has 0 radical (unpaired) electrons. The standard InChI is InChI=1S/C13H10.C8H6O/c1-3-7-12-10(5-1)9-11-6-2-4-8-13(11)12;1-2-4-8-7(3-1)5-6-9-8/h1-8H,9H2;1-6H. The van der Waals surface area contributed by atoms with E-state index in [2.05, 4.69) is 48.5 Å². The summed E-state index contributed by atoms with van der Waals surface area (Å²) in [6, 6.07) is 27.2. The third-order valence-electron chi connectivity index (χ3n) is 4.07. The minimum absolute atomic E-state index is 0.956. The van der Waals surface area contributed by atoms with Gasteiger partial charge in [-0.1, -0.05) is 66.7 Å². The Labute approximate surface area is 129 Å². The molecular formula is C21H16O. The Morgan fingerprint density at radius 1 is 0.591 bits per heavy atom. The highest BCUT2D eigenvalue weighted by Gasteiger charge is 2.15. The molecule has 0 unspecified atom stereocenters. The summed E-state index contributed by atoms with van der Waals surface area (Å²) < 4.78 is 5.12. The normalized spacial score (nSPS) is 11.5. The molecular weight excluding hydrogens is 268 g/mol. The van der Waals surface area contributed by atoms with Crippen molar-refractivity contribution in [1.82, 2.24) is 0 Å². The van der Waals surface area contributed by atoms with Crippen molar-refractivity contribution in [2.75, 3.05) is 0 Å². The Bertz CT molecular complexity index is 844. The SMILES string of the molecule is c1ccc2c(c1)Cc1ccccc1-2.c1ccc2occc2c1. The molecule has 1 heterocycles. The Kier molecular flexibility index (Phi) is 3.24. The average molecular weight is 284 g/mol. The molecule has 106 valence electrons. The molecule has 1 aliphatic rings. The van der Waals surface area contributed by atoms with E-state index in [0.29, 0.717) is 0 Å². The van der Waals surface area contributed by atoms with Crippen molar-refractivity contribution < 1.29 is 4.42 Å². The highest BCUT2D eigenvalue weighted by molar-refractivity contribution is 5.77. The number of para-hydroxylation sites is 1. The van der Waals surface area contributed by atoms with Gasteiger partial charge in [-0.15, -0.1) is 0 Å². The van der Waals surface area contributed by atoms with Gasteiger partial charge in [-0.25, -0.2) is 0 Å². The molecule has 1 heteroatoms. The first kappa shape index (κ1) is 12.9. The Balaban J connectivity index is 0.000000122. The molecule has 3 aromatic carbocycles. The van der Waals surface area contributed by atoms with Crippen molar-refractivity contribution in [3.05, 3.63) is 96.3 Å². The van der Waals surface area contributed by atoms with Crippen LogP contribution in [0.5, 0.6) is 0 Å². The highest BCUT2D eigenvalue weighted by atomic mass is 16.3. The molecule has 1 nitrogen and oxygen atoms in total. The van der Waals surface area contributed by atoms with Crippen LogP contribution in [0.2, 0.25) is 0 Å². The van der Waals surface area contributed by atoms with Gasteiger partial charge < -0.3 is 4.42 Å². The minimum atomic E-state index is 0.956. The smallest absolute Gasteiger partial charge is 0.133 e. The first-order valence-corrected chi connectivity index (χ1v) is 7.50. The second-order valence-electron chi connectivity index (χ2n) is 5.45. The van der Waals surface area contributed by atoms with Crippen molar-refractivity contribution in [1.29, 1.82) is 0 Å². The van der Waals surface area contributed by atoms with Crippen LogP contribution in [0, 0.1) is 0 Å². The molecule has 0 aliphatic heterocycles. The van der Waals surface area contributed by atoms with Gasteiger partial charge in [-0.3, -0.25) is 0 Å². The van der Waals surface area contributed by atoms with Crippen molar-refractivity contribution >= 4 is 11.0 Å². The summed E-state index contributed by atoms with van der Waals surface area (Å²) in [6.45, 7) is 0. The Morgan fingerprint density at radius 3 is 1.86 bits per heavy atom. The molecule has 0 spiro atoms. The van der Waals surface area contributed by atoms with Gasteiger partial charge in [0.15, 0.2) is 0 Å². The quantitative estimate of drug-likeness (QED) is 0.356. The van der Waals surface area contributed by atoms with Crippen LogP contribution in [0.1, 0.15) is 11.1 Å². The van der Waals surface area contributed by atoms with Crippen LogP contribution in [0.3, 0.4) is 0 Å². The van der Waals surface area contributed by atoms with E-state index in [9.17, 15) is 0 Å². The van der Waals surface area contributed by atoms with Crippen LogP contribution >= 0.6 is 0 Å². The fourth-order valence-corrected chi connectivity index (χ4v) is 2.99. The molecule has 0 fully saturated rings. The van der Waals surface area contributed by atoms with Gasteiger partial charge in [0.2, 0.25) is 0 Å². The summed E-state index contributed by atoms with van der Waals surface area (Å²) in [6.07, 6.45) is 2.80. The lowest BCUT2D eigenvalue weighted by Gasteiger charge is -1.98. The summed E-state index contributed by atoms with van der Waals surface area (Å²) >= 11 is 0. The highest BCUT2D eigenvalue weighted by Crippen LogP contribution is 2.35. The van der Waals surface area contributed by atoms with Crippen molar-refractivity contribution in [2.45, 2.75) is 6.42 Å². The summed E-state index contributed by atoms with van der Waals surface area (Å²) in [5.74, 6) is 0. The van der Waals surface area contributed by atoms with Crippen LogP contribution in [0.25, 0.3) is 22.1 Å². The zero-order chi connectivity index (χ0) is 14.8. The first-order valence-electron chi connectivity index (χ1n) is 7.50. The third kappa shape index (κ3) is 2.31. The lowest BCUT2D eigenvalue weighted by Crippen LogP contribution is -1.77. The first-order chi connectivity index (χ1) is 10.9. The summed E-state index contributed by atoms with van der Waals surface area (Å²) in [7, 11) is 0. The molecule has 4 aromatic rings. The Hall–Kier alpha value is -2.80. The molecule has 0 N–H and O–H groups in total. The Morgan fingerprint density at radius 2 is 1.18 bits per heavy atom. The second kappa shape index (κ2) is 5.53. The number of benzene rings is 3. The monoisotopic (exact) mass is 284 g/mol. The van der Waals surface area contributed by atoms with E-state index in [-0.39, 0.29) is 0 Å². The molecule has 0 bridgehead atoms. The summed E-state index contributed by atoms with van der Waals surface area (Å²) in [4.78, 5) is 0. The number of fused-ring (bicyclic) bond motifs is 4. The molecule has 0 saturated carbocycles. The topological polar surface area (TPSA) is 13.1 Å². The number of hydrogen-bond donors (Lipinski definition) is 0. The van der Waals surface area contributed by atoms with Gasteiger partial charge in [-0.2, -0.15) is 0 Å². The van der Waals surface area contributed by atoms with Crippen LogP contribution in [0.4, 0.5) is 0 Å². The zero-order valence-electron chi connectivity index (χ0n) is 12.2. The van der Waals surface area contributed by atoms with Crippen molar-refractivity contribution in [3.8, 4) is 11.1 Å². The van der Waals surface area contributed by atoms with E-state index in [1.807, 2.05) is 30.3 Å². The van der Waals surface area contributed by atoms with E-state index in [1.165, 1.54) is 22.3 Å². The maximum atomic E-state index is 5.12. The zero-order valence-corrected chi connectivity index (χ0v) is 12.2. The van der Waals surface area contributed by atoms with E-state index < -0.39 is 0 Å². The lowest BCUT2D eigenvalue weighted by molar-refractivity contribution is 0.616. The van der Waals surface area contributed by atoms with Gasteiger partial charge in [-0.05, 0) is 40.8 Å². The lowest BCUT2D eigenvalue weighted by atomic mass is 10.1. The number of rotatable bonds is 0. The second-order valence-corrected chi connectivity index (χ2v) is 5.45. The summed E-state index contributed by atoms with van der Waals surface area (Å²) in [5.41, 5.74) is 6.71. The van der Waals surface area contributed by atoms with E-state index in [0.717, 1.165) is 17.4 Å². The minimum Gasteiger partial charge on any atom is -0.464 e. The maximum absolute atomic E-state index is 5.12. The molecule has 5 rings (SSSR count). The summed E-state index contributed by atoms with van der Waals surface area (Å²) in [5, 5.41) is 1.16. The van der Waals surface area contributed by atoms with Gasteiger partial charge in [0.05, 0.1) is 6.26 Å². The van der Waals surface area contributed by atoms with Crippen LogP contribution in [0.15, 0.2) is 89.5 Å². The van der Waals surface area contributed by atoms with Crippen molar-refractivity contribution in [2.24, 2.45) is 0 Å². The molecule has 1 aromatic heterocycles. The number of furan rings is 1. The van der Waals surface area contributed by atoms with E-state index in [4.69, 9.17) is 4.42 Å². The molecule has 0 atom stereocenters. The maximum Gasteiger partial charge on any atom is 0.133 e. The van der Waals surface area contributed by atoms with Crippen LogP contribution in [-0.4, -0.2) is 0 Å². The fourth-order valence-electron chi connectivity index (χ4n) is 2.99. The predicted molar refractivity (Wildman–Crippen MR) is 90.9 cm³/mol. The van der Waals surface area contributed by atoms with Gasteiger partial charge in [0.1, 0.15) is 5.58 Å². The van der Waals surface area contributed by atoms with E-state index >= 15 is 0 Å². The molecule has 0 saturated heterocycles. The van der Waals surface area contributed by atoms with Gasteiger partial charge in [0.25, 0.3) is 0 Å². The van der Waals surface area contributed by atoms with E-state index in [1.54, 1.807) is 6.26 Å².